The lowest BCUT2D eigenvalue weighted by atomic mass is 9.88. The largest absolute Gasteiger partial charge is 0.370 e. The van der Waals surface area contributed by atoms with Gasteiger partial charge in [-0.1, -0.05) is 22.0 Å². The molecule has 1 atom stereocenters. The molecule has 1 amide bonds. The van der Waals surface area contributed by atoms with E-state index < -0.39 is 0 Å². The third kappa shape index (κ3) is 4.62. The van der Waals surface area contributed by atoms with Crippen LogP contribution in [0, 0.1) is 0 Å². The molecule has 0 aromatic heterocycles. The molecule has 0 heterocycles. The zero-order valence-electron chi connectivity index (χ0n) is 11.1. The van der Waals surface area contributed by atoms with E-state index in [1.807, 2.05) is 0 Å². The smallest absolute Gasteiger partial charge is 0.217 e. The molecule has 0 saturated heterocycles. The lowest BCUT2D eigenvalue weighted by Crippen LogP contribution is -2.35. The molecule has 3 N–H and O–H groups in total. The number of nitrogens with one attached hydrogen (secondary N) is 1. The third-order valence-electron chi connectivity index (χ3n) is 3.68. The van der Waals surface area contributed by atoms with Crippen molar-refractivity contribution in [1.82, 2.24) is 5.32 Å². The van der Waals surface area contributed by atoms with E-state index in [0.717, 1.165) is 32.2 Å². The van der Waals surface area contributed by atoms with Crippen molar-refractivity contribution in [2.45, 2.75) is 44.6 Å². The van der Waals surface area contributed by atoms with Gasteiger partial charge in [-0.3, -0.25) is 4.79 Å². The molecule has 0 saturated carbocycles. The summed E-state index contributed by atoms with van der Waals surface area (Å²) in [6.45, 7) is 0.976. The van der Waals surface area contributed by atoms with Gasteiger partial charge in [0.2, 0.25) is 5.91 Å². The van der Waals surface area contributed by atoms with Gasteiger partial charge >= 0.3 is 0 Å². The predicted molar refractivity (Wildman–Crippen MR) is 81.0 cm³/mol. The number of carbonyl (C=O) groups excluding carboxylic acids is 1. The van der Waals surface area contributed by atoms with Crippen LogP contribution in [0.25, 0.3) is 0 Å². The van der Waals surface area contributed by atoms with Crippen LogP contribution < -0.4 is 11.1 Å². The number of hydrogen-bond donors (Lipinski definition) is 2. The Bertz CT molecular complexity index is 448. The summed E-state index contributed by atoms with van der Waals surface area (Å²) in [6, 6.07) is 7.15. The van der Waals surface area contributed by atoms with Crippen molar-refractivity contribution in [3.05, 3.63) is 33.8 Å². The van der Waals surface area contributed by atoms with Gasteiger partial charge in [0.25, 0.3) is 0 Å². The second-order valence-corrected chi connectivity index (χ2v) is 6.15. The molecule has 4 heteroatoms. The highest BCUT2D eigenvalue weighted by Crippen LogP contribution is 2.24. The summed E-state index contributed by atoms with van der Waals surface area (Å²) in [4.78, 5) is 10.6. The molecule has 0 spiro atoms. The average Bonchev–Trinajstić information content (AvgIpc) is 2.38. The second kappa shape index (κ2) is 7.06. The van der Waals surface area contributed by atoms with Gasteiger partial charge in [-0.2, -0.15) is 0 Å². The molecule has 1 aliphatic carbocycles. The fraction of sp³-hybridized carbons (Fsp3) is 0.533. The van der Waals surface area contributed by atoms with Crippen molar-refractivity contribution < 1.29 is 4.79 Å². The van der Waals surface area contributed by atoms with E-state index in [2.05, 4.69) is 39.4 Å². The van der Waals surface area contributed by atoms with Gasteiger partial charge in [-0.25, -0.2) is 0 Å². The van der Waals surface area contributed by atoms with Crippen LogP contribution in [-0.4, -0.2) is 18.5 Å². The Morgan fingerprint density at radius 3 is 3.00 bits per heavy atom. The number of nitrogens with two attached hydrogens (primary N) is 1. The van der Waals surface area contributed by atoms with Crippen molar-refractivity contribution >= 4 is 21.8 Å². The summed E-state index contributed by atoms with van der Waals surface area (Å²) in [5.74, 6) is -0.197. The summed E-state index contributed by atoms with van der Waals surface area (Å²) in [6.07, 6.45) is 5.86. The van der Waals surface area contributed by atoms with Gasteiger partial charge in [0.1, 0.15) is 0 Å². The van der Waals surface area contributed by atoms with Crippen molar-refractivity contribution in [2.24, 2.45) is 5.73 Å². The molecule has 104 valence electrons. The molecular weight excluding hydrogens is 304 g/mol. The van der Waals surface area contributed by atoms with Gasteiger partial charge in [0.15, 0.2) is 0 Å². The first-order valence-corrected chi connectivity index (χ1v) is 7.73. The Kier molecular flexibility index (Phi) is 5.40. The fourth-order valence-electron chi connectivity index (χ4n) is 2.63. The Hall–Kier alpha value is -0.870. The maximum absolute atomic E-state index is 10.6. The van der Waals surface area contributed by atoms with E-state index in [1.165, 1.54) is 22.0 Å². The molecule has 1 aromatic rings. The number of primary amides is 1. The standard InChI is InChI=1S/C15H21BrN2O/c16-13-6-4-12-10-14(7-5-11(12)9-13)18-8-2-1-3-15(17)19/h4,6,9,14,18H,1-3,5,7-8,10H2,(H2,17,19). The minimum Gasteiger partial charge on any atom is -0.370 e. The van der Waals surface area contributed by atoms with Gasteiger partial charge in [0, 0.05) is 16.9 Å². The topological polar surface area (TPSA) is 55.1 Å². The van der Waals surface area contributed by atoms with E-state index in [4.69, 9.17) is 5.73 Å². The van der Waals surface area contributed by atoms with Crippen LogP contribution in [0.5, 0.6) is 0 Å². The Morgan fingerprint density at radius 1 is 1.37 bits per heavy atom. The number of rotatable bonds is 6. The maximum Gasteiger partial charge on any atom is 0.217 e. The maximum atomic E-state index is 10.6. The lowest BCUT2D eigenvalue weighted by Gasteiger charge is -2.25. The number of aryl methyl sites for hydroxylation is 1. The van der Waals surface area contributed by atoms with Gasteiger partial charge < -0.3 is 11.1 Å². The predicted octanol–water partition coefficient (Wildman–Crippen LogP) is 2.55. The molecule has 3 nitrogen and oxygen atoms in total. The second-order valence-electron chi connectivity index (χ2n) is 5.23. The first-order chi connectivity index (χ1) is 9.15. The number of unbranched alkanes of at least 4 members (excludes halogenated alkanes) is 1. The molecule has 0 radical (unpaired) electrons. The summed E-state index contributed by atoms with van der Waals surface area (Å²) >= 11 is 3.52. The lowest BCUT2D eigenvalue weighted by molar-refractivity contribution is -0.118. The number of fused-ring (bicyclic) bond motifs is 1. The molecule has 1 aromatic carbocycles. The highest BCUT2D eigenvalue weighted by molar-refractivity contribution is 9.10. The van der Waals surface area contributed by atoms with Gasteiger partial charge in [-0.05, 0) is 61.9 Å². The van der Waals surface area contributed by atoms with Crippen LogP contribution in [-0.2, 0) is 17.6 Å². The van der Waals surface area contributed by atoms with E-state index in [9.17, 15) is 4.79 Å². The molecule has 1 unspecified atom stereocenters. The van der Waals surface area contributed by atoms with Gasteiger partial charge in [0.05, 0.1) is 0 Å². The molecule has 0 fully saturated rings. The van der Waals surface area contributed by atoms with Crippen LogP contribution in [0.1, 0.15) is 36.8 Å². The number of amides is 1. The molecular formula is C15H21BrN2O. The summed E-state index contributed by atoms with van der Waals surface area (Å²) in [5, 5.41) is 3.59. The summed E-state index contributed by atoms with van der Waals surface area (Å²) < 4.78 is 1.17. The first kappa shape index (κ1) is 14.5. The number of benzene rings is 1. The number of halogens is 1. The monoisotopic (exact) mass is 324 g/mol. The van der Waals surface area contributed by atoms with Crippen molar-refractivity contribution in [3.63, 3.8) is 0 Å². The summed E-state index contributed by atoms with van der Waals surface area (Å²) in [7, 11) is 0. The van der Waals surface area contributed by atoms with Crippen molar-refractivity contribution in [3.8, 4) is 0 Å². The normalized spacial score (nSPS) is 18.1. The zero-order chi connectivity index (χ0) is 13.7. The Labute approximate surface area is 123 Å². The molecule has 1 aliphatic rings. The number of hydrogen-bond acceptors (Lipinski definition) is 2. The van der Waals surface area contributed by atoms with Crippen LogP contribution in [0.15, 0.2) is 22.7 Å². The highest BCUT2D eigenvalue weighted by atomic mass is 79.9. The van der Waals surface area contributed by atoms with E-state index in [1.54, 1.807) is 0 Å². The SMILES string of the molecule is NC(=O)CCCCNC1CCc2cc(Br)ccc2C1. The third-order valence-corrected chi connectivity index (χ3v) is 4.17. The highest BCUT2D eigenvalue weighted by Gasteiger charge is 2.17. The Balaban J connectivity index is 1.73. The molecule has 19 heavy (non-hydrogen) atoms. The van der Waals surface area contributed by atoms with Crippen LogP contribution in [0.2, 0.25) is 0 Å². The van der Waals surface area contributed by atoms with E-state index in [0.29, 0.717) is 12.5 Å². The minimum atomic E-state index is -0.197. The molecule has 0 aliphatic heterocycles. The summed E-state index contributed by atoms with van der Waals surface area (Å²) in [5.41, 5.74) is 8.05. The van der Waals surface area contributed by atoms with Crippen LogP contribution in [0.3, 0.4) is 0 Å². The van der Waals surface area contributed by atoms with Crippen LogP contribution in [0.4, 0.5) is 0 Å². The average molecular weight is 325 g/mol. The zero-order valence-corrected chi connectivity index (χ0v) is 12.7. The minimum absolute atomic E-state index is 0.197. The first-order valence-electron chi connectivity index (χ1n) is 6.94. The Morgan fingerprint density at radius 2 is 2.21 bits per heavy atom. The van der Waals surface area contributed by atoms with Crippen LogP contribution >= 0.6 is 15.9 Å². The van der Waals surface area contributed by atoms with Gasteiger partial charge in [-0.15, -0.1) is 0 Å². The quantitative estimate of drug-likeness (QED) is 0.790. The number of carbonyl (C=O) groups is 1. The fourth-order valence-corrected chi connectivity index (χ4v) is 3.04. The van der Waals surface area contributed by atoms with Crippen molar-refractivity contribution in [1.29, 1.82) is 0 Å². The van der Waals surface area contributed by atoms with E-state index in [-0.39, 0.29) is 5.91 Å². The van der Waals surface area contributed by atoms with E-state index >= 15 is 0 Å². The molecule has 2 rings (SSSR count). The van der Waals surface area contributed by atoms with Crippen molar-refractivity contribution in [2.75, 3.05) is 6.54 Å². The molecule has 0 bridgehead atoms.